The Morgan fingerprint density at radius 3 is 2.52 bits per heavy atom. The van der Waals surface area contributed by atoms with Crippen molar-refractivity contribution in [3.05, 3.63) is 60.3 Å². The maximum atomic E-state index is 14.2. The summed E-state index contributed by atoms with van der Waals surface area (Å²) in [6, 6.07) is 6.60. The highest BCUT2D eigenvalue weighted by Crippen LogP contribution is 2.48. The number of methoxy groups -OCH3 is 1. The largest absolute Gasteiger partial charge is 0.496 e. The Hall–Kier alpha value is -2.61. The van der Waals surface area contributed by atoms with Crippen LogP contribution in [0.5, 0.6) is 5.75 Å². The second-order valence-corrected chi connectivity index (χ2v) is 7.37. The van der Waals surface area contributed by atoms with Gasteiger partial charge in [0.25, 0.3) is 0 Å². The monoisotopic (exact) mass is 410 g/mol. The molecule has 1 aromatic carbocycles. The van der Waals surface area contributed by atoms with Crippen molar-refractivity contribution in [3.8, 4) is 5.75 Å². The number of fused-ring (bicyclic) bond motifs is 1. The first-order valence-electron chi connectivity index (χ1n) is 9.10. The van der Waals surface area contributed by atoms with Crippen molar-refractivity contribution in [2.45, 2.75) is 44.0 Å². The van der Waals surface area contributed by atoms with Crippen LogP contribution in [0, 0.1) is 5.82 Å². The van der Waals surface area contributed by atoms with Crippen LogP contribution in [0.25, 0.3) is 10.9 Å². The summed E-state index contributed by atoms with van der Waals surface area (Å²) in [6.07, 6.45) is -1.52. The molecule has 0 aliphatic carbocycles. The molecular formula is C21H22F4N2O2. The van der Waals surface area contributed by atoms with E-state index in [4.69, 9.17) is 4.74 Å². The van der Waals surface area contributed by atoms with Gasteiger partial charge in [-0.25, -0.2) is 4.39 Å². The maximum Gasteiger partial charge on any atom is 0.436 e. The summed E-state index contributed by atoms with van der Waals surface area (Å²) in [5.41, 5.74) is -3.99. The van der Waals surface area contributed by atoms with E-state index in [0.717, 1.165) is 10.6 Å². The number of benzene rings is 1. The van der Waals surface area contributed by atoms with Crippen molar-refractivity contribution in [3.63, 3.8) is 0 Å². The lowest BCUT2D eigenvalue weighted by Crippen LogP contribution is -2.51. The highest BCUT2D eigenvalue weighted by atomic mass is 19.4. The number of nitrogens with zero attached hydrogens (tertiary/aromatic N) is 2. The Morgan fingerprint density at radius 2 is 1.90 bits per heavy atom. The Balaban J connectivity index is 2.19. The quantitative estimate of drug-likeness (QED) is 0.572. The Bertz CT molecular complexity index is 1020. The summed E-state index contributed by atoms with van der Waals surface area (Å²) in [5.74, 6) is -0.324. The van der Waals surface area contributed by atoms with Crippen molar-refractivity contribution in [1.82, 2.24) is 9.55 Å². The summed E-state index contributed by atoms with van der Waals surface area (Å²) in [4.78, 5) is 3.91. The van der Waals surface area contributed by atoms with E-state index in [1.54, 1.807) is 13.8 Å². The van der Waals surface area contributed by atoms with Crippen molar-refractivity contribution in [1.29, 1.82) is 0 Å². The zero-order chi connectivity index (χ0) is 21.4. The van der Waals surface area contributed by atoms with E-state index in [1.807, 2.05) is 0 Å². The molecule has 4 nitrogen and oxygen atoms in total. The van der Waals surface area contributed by atoms with Crippen LogP contribution >= 0.6 is 0 Å². The summed E-state index contributed by atoms with van der Waals surface area (Å²) in [7, 11) is 1.37. The number of alkyl halides is 3. The van der Waals surface area contributed by atoms with Crippen molar-refractivity contribution < 1.29 is 27.4 Å². The molecule has 2 atom stereocenters. The van der Waals surface area contributed by atoms with Gasteiger partial charge in [0, 0.05) is 41.4 Å². The van der Waals surface area contributed by atoms with Crippen molar-refractivity contribution >= 4 is 10.9 Å². The lowest BCUT2D eigenvalue weighted by atomic mass is 9.73. The van der Waals surface area contributed by atoms with Crippen molar-refractivity contribution in [2.24, 2.45) is 0 Å². The second-order valence-electron chi connectivity index (χ2n) is 7.37. The van der Waals surface area contributed by atoms with Crippen LogP contribution in [0.3, 0.4) is 0 Å². The fourth-order valence-corrected chi connectivity index (χ4v) is 3.73. The van der Waals surface area contributed by atoms with Gasteiger partial charge < -0.3 is 14.4 Å². The molecule has 0 fully saturated rings. The van der Waals surface area contributed by atoms with Crippen LogP contribution in [0.2, 0.25) is 0 Å². The van der Waals surface area contributed by atoms with E-state index < -0.39 is 29.6 Å². The second kappa shape index (κ2) is 7.33. The molecule has 0 saturated heterocycles. The molecule has 1 N–H and O–H groups in total. The predicted octanol–water partition coefficient (Wildman–Crippen LogP) is 5.15. The molecule has 2 unspecified atom stereocenters. The molecule has 0 bridgehead atoms. The SMILES string of the molecule is CCC(C)(CC(O)(n1ccc2cnccc21)C(F)(F)F)c1cc(F)ccc1OC. The van der Waals surface area contributed by atoms with Gasteiger partial charge in [-0.3, -0.25) is 4.98 Å². The van der Waals surface area contributed by atoms with E-state index >= 15 is 0 Å². The standard InChI is InChI=1S/C21H22F4N2O2/c1-4-19(2,16-11-15(22)5-6-18(16)29-3)13-20(28,21(23,24)25)27-10-8-14-12-26-9-7-17(14)27/h5-12,28H,4,13H2,1-3H3. The summed E-state index contributed by atoms with van der Waals surface area (Å²) >= 11 is 0. The smallest absolute Gasteiger partial charge is 0.436 e. The minimum atomic E-state index is -4.99. The first kappa shape index (κ1) is 21.1. The molecule has 2 heterocycles. The van der Waals surface area contributed by atoms with Gasteiger partial charge in [-0.2, -0.15) is 13.2 Å². The van der Waals surface area contributed by atoms with Gasteiger partial charge in [-0.15, -0.1) is 0 Å². The molecule has 0 spiro atoms. The number of halogens is 4. The van der Waals surface area contributed by atoms with E-state index in [1.165, 1.54) is 50.0 Å². The average Bonchev–Trinajstić information content (AvgIpc) is 3.11. The van der Waals surface area contributed by atoms with Gasteiger partial charge >= 0.3 is 6.18 Å². The topological polar surface area (TPSA) is 47.3 Å². The van der Waals surface area contributed by atoms with Gasteiger partial charge in [0.15, 0.2) is 0 Å². The predicted molar refractivity (Wildman–Crippen MR) is 101 cm³/mol. The minimum absolute atomic E-state index is 0.199. The van der Waals surface area contributed by atoms with Crippen LogP contribution in [0.1, 0.15) is 32.3 Å². The molecule has 29 heavy (non-hydrogen) atoms. The third-order valence-corrected chi connectivity index (χ3v) is 5.57. The normalized spacial score (nSPS) is 16.4. The molecule has 156 valence electrons. The summed E-state index contributed by atoms with van der Waals surface area (Å²) in [6.45, 7) is 3.26. The molecular weight excluding hydrogens is 388 g/mol. The highest BCUT2D eigenvalue weighted by Gasteiger charge is 2.58. The molecule has 0 saturated carbocycles. The maximum absolute atomic E-state index is 14.2. The van der Waals surface area contributed by atoms with Gasteiger partial charge in [0.2, 0.25) is 5.72 Å². The van der Waals surface area contributed by atoms with Gasteiger partial charge in [0.05, 0.1) is 12.6 Å². The Kier molecular flexibility index (Phi) is 5.34. The number of ether oxygens (including phenoxy) is 1. The highest BCUT2D eigenvalue weighted by molar-refractivity contribution is 5.79. The van der Waals surface area contributed by atoms with Crippen LogP contribution in [-0.2, 0) is 11.1 Å². The van der Waals surface area contributed by atoms with Gasteiger partial charge in [0.1, 0.15) is 11.6 Å². The molecule has 8 heteroatoms. The van der Waals surface area contributed by atoms with Gasteiger partial charge in [-0.1, -0.05) is 13.8 Å². The van der Waals surface area contributed by atoms with E-state index in [0.29, 0.717) is 5.39 Å². The average molecular weight is 410 g/mol. The fourth-order valence-electron chi connectivity index (χ4n) is 3.73. The zero-order valence-electron chi connectivity index (χ0n) is 16.3. The number of hydrogen-bond acceptors (Lipinski definition) is 3. The number of pyridine rings is 1. The zero-order valence-corrected chi connectivity index (χ0v) is 16.3. The van der Waals surface area contributed by atoms with Crippen LogP contribution in [0.4, 0.5) is 17.6 Å². The third-order valence-electron chi connectivity index (χ3n) is 5.57. The lowest BCUT2D eigenvalue weighted by molar-refractivity contribution is -0.305. The molecule has 0 aliphatic rings. The van der Waals surface area contributed by atoms with E-state index in [-0.39, 0.29) is 23.3 Å². The van der Waals surface area contributed by atoms with Crippen LogP contribution in [0.15, 0.2) is 48.9 Å². The Labute approximate surface area is 165 Å². The molecule has 3 rings (SSSR count). The number of aromatic nitrogens is 2. The third kappa shape index (κ3) is 3.57. The molecule has 3 aromatic rings. The number of rotatable bonds is 6. The van der Waals surface area contributed by atoms with Crippen molar-refractivity contribution in [2.75, 3.05) is 7.11 Å². The van der Waals surface area contributed by atoms with E-state index in [2.05, 4.69) is 4.98 Å². The number of aliphatic hydroxyl groups is 1. The van der Waals surface area contributed by atoms with Crippen LogP contribution in [-0.4, -0.2) is 27.9 Å². The summed E-state index contributed by atoms with van der Waals surface area (Å²) < 4.78 is 62.8. The molecule has 0 amide bonds. The first-order valence-corrected chi connectivity index (χ1v) is 9.10. The first-order chi connectivity index (χ1) is 13.6. The molecule has 0 aliphatic heterocycles. The molecule has 0 radical (unpaired) electrons. The Morgan fingerprint density at radius 1 is 1.17 bits per heavy atom. The fraction of sp³-hybridized carbons (Fsp3) is 0.381. The lowest BCUT2D eigenvalue weighted by Gasteiger charge is -2.41. The molecule has 2 aromatic heterocycles. The van der Waals surface area contributed by atoms with Gasteiger partial charge in [-0.05, 0) is 36.8 Å². The minimum Gasteiger partial charge on any atom is -0.496 e. The summed E-state index contributed by atoms with van der Waals surface area (Å²) in [5, 5.41) is 11.5. The van der Waals surface area contributed by atoms with Crippen LogP contribution < -0.4 is 4.74 Å². The van der Waals surface area contributed by atoms with E-state index in [9.17, 15) is 22.7 Å². The number of hydrogen-bond donors (Lipinski definition) is 1.